The van der Waals surface area contributed by atoms with Gasteiger partial charge in [0, 0.05) is 11.6 Å². The predicted molar refractivity (Wildman–Crippen MR) is 131 cm³/mol. The van der Waals surface area contributed by atoms with Crippen molar-refractivity contribution >= 4 is 44.8 Å². The van der Waals surface area contributed by atoms with E-state index in [1.165, 1.54) is 12.1 Å². The Morgan fingerprint density at radius 2 is 1.76 bits per heavy atom. The number of ether oxygens (including phenoxy) is 1. The molecule has 1 aliphatic heterocycles. The summed E-state index contributed by atoms with van der Waals surface area (Å²) in [5, 5.41) is 5.88. The molecule has 8 nitrogen and oxygen atoms in total. The number of amides is 2. The van der Waals surface area contributed by atoms with Gasteiger partial charge in [-0.15, -0.1) is 0 Å². The average Bonchev–Trinajstić information content (AvgIpc) is 2.82. The minimum Gasteiger partial charge on any atom is -0.476 e. The van der Waals surface area contributed by atoms with E-state index >= 15 is 0 Å². The van der Waals surface area contributed by atoms with Gasteiger partial charge in [-0.3, -0.25) is 13.9 Å². The van der Waals surface area contributed by atoms with Crippen molar-refractivity contribution in [1.29, 1.82) is 0 Å². The number of rotatable bonds is 6. The highest BCUT2D eigenvalue weighted by molar-refractivity contribution is 7.92. The minimum atomic E-state index is -3.70. The Labute approximate surface area is 202 Å². The number of fused-ring (bicyclic) bond motifs is 1. The first-order valence-corrected chi connectivity index (χ1v) is 12.6. The summed E-state index contributed by atoms with van der Waals surface area (Å²) in [6.07, 6.45) is -0.0894. The highest BCUT2D eigenvalue weighted by Gasteiger charge is 2.35. The van der Waals surface area contributed by atoms with Crippen LogP contribution in [0.15, 0.2) is 72.8 Å². The molecule has 3 aromatic rings. The Kier molecular flexibility index (Phi) is 6.76. The van der Waals surface area contributed by atoms with Gasteiger partial charge in [0.05, 0.1) is 29.7 Å². The SMILES string of the molecule is CS(=O)(=O)N1CC(C(=O)Nc2ccccc2C(=O)NCc2ccccc2)Oc2ccc(Cl)cc21. The molecule has 1 unspecified atom stereocenters. The monoisotopic (exact) mass is 499 g/mol. The Morgan fingerprint density at radius 3 is 2.50 bits per heavy atom. The molecular formula is C24H22ClN3O5S. The Bertz CT molecular complexity index is 1330. The van der Waals surface area contributed by atoms with Gasteiger partial charge in [0.25, 0.3) is 11.8 Å². The van der Waals surface area contributed by atoms with E-state index in [2.05, 4.69) is 10.6 Å². The third kappa shape index (κ3) is 5.32. The quantitative estimate of drug-likeness (QED) is 0.540. The number of carbonyl (C=O) groups excluding carboxylic acids is 2. The fourth-order valence-electron chi connectivity index (χ4n) is 3.55. The maximum Gasteiger partial charge on any atom is 0.267 e. The highest BCUT2D eigenvalue weighted by atomic mass is 35.5. The van der Waals surface area contributed by atoms with Crippen molar-refractivity contribution in [3.05, 3.63) is 88.9 Å². The molecule has 0 fully saturated rings. The summed E-state index contributed by atoms with van der Waals surface area (Å²) in [6.45, 7) is 0.0940. The zero-order valence-electron chi connectivity index (χ0n) is 18.2. The van der Waals surface area contributed by atoms with Crippen LogP contribution in [0.4, 0.5) is 11.4 Å². The van der Waals surface area contributed by atoms with E-state index in [0.717, 1.165) is 16.1 Å². The van der Waals surface area contributed by atoms with E-state index in [1.807, 2.05) is 30.3 Å². The molecule has 1 aliphatic rings. The van der Waals surface area contributed by atoms with Gasteiger partial charge in [-0.25, -0.2) is 8.42 Å². The third-order valence-corrected chi connectivity index (χ3v) is 6.59. The number of hydrogen-bond donors (Lipinski definition) is 2. The molecule has 3 aromatic carbocycles. The number of halogens is 1. The molecule has 1 atom stereocenters. The Balaban J connectivity index is 1.52. The summed E-state index contributed by atoms with van der Waals surface area (Å²) in [5.41, 5.74) is 1.76. The molecule has 0 saturated carbocycles. The van der Waals surface area contributed by atoms with Crippen molar-refractivity contribution in [1.82, 2.24) is 5.32 Å². The lowest BCUT2D eigenvalue weighted by Gasteiger charge is -2.34. The second kappa shape index (κ2) is 9.74. The van der Waals surface area contributed by atoms with Crippen LogP contribution in [-0.2, 0) is 21.4 Å². The largest absolute Gasteiger partial charge is 0.476 e. The van der Waals surface area contributed by atoms with Crippen LogP contribution in [-0.4, -0.2) is 39.1 Å². The first kappa shape index (κ1) is 23.6. The van der Waals surface area contributed by atoms with Crippen LogP contribution in [0.3, 0.4) is 0 Å². The third-order valence-electron chi connectivity index (χ3n) is 5.21. The molecular weight excluding hydrogens is 478 g/mol. The number of anilines is 2. The van der Waals surface area contributed by atoms with Crippen LogP contribution >= 0.6 is 11.6 Å². The van der Waals surface area contributed by atoms with E-state index in [-0.39, 0.29) is 35.1 Å². The average molecular weight is 500 g/mol. The maximum absolute atomic E-state index is 13.1. The molecule has 4 rings (SSSR count). The smallest absolute Gasteiger partial charge is 0.267 e. The minimum absolute atomic E-state index is 0.218. The Hall–Kier alpha value is -3.56. The molecule has 0 aromatic heterocycles. The van der Waals surface area contributed by atoms with E-state index < -0.39 is 22.0 Å². The number of nitrogens with zero attached hydrogens (tertiary/aromatic N) is 1. The molecule has 2 N–H and O–H groups in total. The van der Waals surface area contributed by atoms with Crippen molar-refractivity contribution in [3.63, 3.8) is 0 Å². The zero-order chi connectivity index (χ0) is 24.3. The first-order chi connectivity index (χ1) is 16.2. The molecule has 10 heteroatoms. The molecule has 176 valence electrons. The van der Waals surface area contributed by atoms with Crippen molar-refractivity contribution in [2.45, 2.75) is 12.6 Å². The summed E-state index contributed by atoms with van der Waals surface area (Å²) in [4.78, 5) is 25.8. The lowest BCUT2D eigenvalue weighted by Crippen LogP contribution is -2.48. The van der Waals surface area contributed by atoms with E-state index in [4.69, 9.17) is 16.3 Å². The van der Waals surface area contributed by atoms with Crippen LogP contribution in [0.2, 0.25) is 5.02 Å². The number of benzene rings is 3. The van der Waals surface area contributed by atoms with E-state index in [0.29, 0.717) is 11.6 Å². The zero-order valence-corrected chi connectivity index (χ0v) is 19.8. The normalized spacial score (nSPS) is 15.1. The van der Waals surface area contributed by atoms with Gasteiger partial charge in [0.2, 0.25) is 10.0 Å². The van der Waals surface area contributed by atoms with Gasteiger partial charge < -0.3 is 15.4 Å². The standard InChI is InChI=1S/C24H22ClN3O5S/c1-34(31,32)28-15-22(33-21-12-11-17(25)13-20(21)28)24(30)27-19-10-6-5-9-18(19)23(29)26-14-16-7-3-2-4-8-16/h2-13,22H,14-15H2,1H3,(H,26,29)(H,27,30). The molecule has 0 spiro atoms. The summed E-state index contributed by atoms with van der Waals surface area (Å²) < 4.78 is 31.6. The Morgan fingerprint density at radius 1 is 1.06 bits per heavy atom. The van der Waals surface area contributed by atoms with Crippen molar-refractivity contribution in [2.75, 3.05) is 22.4 Å². The van der Waals surface area contributed by atoms with Crippen molar-refractivity contribution in [3.8, 4) is 5.75 Å². The summed E-state index contributed by atoms with van der Waals surface area (Å²) in [7, 11) is -3.70. The topological polar surface area (TPSA) is 105 Å². The molecule has 1 heterocycles. The maximum atomic E-state index is 13.1. The van der Waals surface area contributed by atoms with Gasteiger partial charge in [0.1, 0.15) is 5.75 Å². The molecule has 0 radical (unpaired) electrons. The fraction of sp³-hybridized carbons (Fsp3) is 0.167. The summed E-state index contributed by atoms with van der Waals surface area (Å²) >= 11 is 6.02. The number of para-hydroxylation sites is 1. The second-order valence-corrected chi connectivity index (χ2v) is 10.1. The van der Waals surface area contributed by atoms with Crippen molar-refractivity contribution < 1.29 is 22.7 Å². The van der Waals surface area contributed by atoms with Gasteiger partial charge in [-0.2, -0.15) is 0 Å². The fourth-order valence-corrected chi connectivity index (χ4v) is 4.62. The van der Waals surface area contributed by atoms with Gasteiger partial charge in [0.15, 0.2) is 6.10 Å². The predicted octanol–water partition coefficient (Wildman–Crippen LogP) is 3.44. The molecule has 0 aliphatic carbocycles. The number of sulfonamides is 1. The second-order valence-electron chi connectivity index (χ2n) is 7.72. The van der Waals surface area contributed by atoms with Crippen LogP contribution in [0.25, 0.3) is 0 Å². The van der Waals surface area contributed by atoms with E-state index in [9.17, 15) is 18.0 Å². The highest BCUT2D eigenvalue weighted by Crippen LogP contribution is 2.37. The van der Waals surface area contributed by atoms with Crippen LogP contribution in [0, 0.1) is 0 Å². The summed E-state index contributed by atoms with van der Waals surface area (Å²) in [6, 6.07) is 20.5. The van der Waals surface area contributed by atoms with Crippen LogP contribution < -0.4 is 19.7 Å². The molecule has 0 saturated heterocycles. The first-order valence-electron chi connectivity index (χ1n) is 10.4. The molecule has 0 bridgehead atoms. The number of nitrogens with one attached hydrogen (secondary N) is 2. The molecule has 2 amide bonds. The van der Waals surface area contributed by atoms with Crippen LogP contribution in [0.1, 0.15) is 15.9 Å². The van der Waals surface area contributed by atoms with Gasteiger partial charge in [-0.1, -0.05) is 54.1 Å². The van der Waals surface area contributed by atoms with Crippen molar-refractivity contribution in [2.24, 2.45) is 0 Å². The summed E-state index contributed by atoms with van der Waals surface area (Å²) in [5.74, 6) is -0.727. The number of carbonyl (C=O) groups is 2. The van der Waals surface area contributed by atoms with Gasteiger partial charge >= 0.3 is 0 Å². The lowest BCUT2D eigenvalue weighted by atomic mass is 10.1. The lowest BCUT2D eigenvalue weighted by molar-refractivity contribution is -0.122. The van der Waals surface area contributed by atoms with E-state index in [1.54, 1.807) is 30.3 Å². The molecule has 34 heavy (non-hydrogen) atoms. The van der Waals surface area contributed by atoms with Crippen LogP contribution in [0.5, 0.6) is 5.75 Å². The number of hydrogen-bond acceptors (Lipinski definition) is 5. The van der Waals surface area contributed by atoms with Gasteiger partial charge in [-0.05, 0) is 35.9 Å².